The molecular weight excluding hydrogens is 575 g/mol. The summed E-state index contributed by atoms with van der Waals surface area (Å²) in [7, 11) is 1.63. The number of aromatic nitrogens is 4. The number of anilines is 2. The number of fused-ring (bicyclic) bond motifs is 1. The zero-order valence-electron chi connectivity index (χ0n) is 24.1. The number of carbonyl (C=O) groups is 2. The van der Waals surface area contributed by atoms with E-state index in [4.69, 9.17) is 15.5 Å². The Morgan fingerprint density at radius 1 is 1.16 bits per heavy atom. The molecule has 2 fully saturated rings. The molecule has 6 rings (SSSR count). The summed E-state index contributed by atoms with van der Waals surface area (Å²) in [6, 6.07) is 7.38. The second-order valence-electron chi connectivity index (χ2n) is 11.5. The molecule has 44 heavy (non-hydrogen) atoms. The molecule has 0 unspecified atom stereocenters. The first-order valence-corrected chi connectivity index (χ1v) is 14.4. The number of benzene rings is 1. The topological polar surface area (TPSA) is 128 Å². The summed E-state index contributed by atoms with van der Waals surface area (Å²) in [5.41, 5.74) is 7.00. The third-order valence-corrected chi connectivity index (χ3v) is 8.61. The molecule has 1 saturated carbocycles. The number of imidazole rings is 1. The number of hydrogen-bond donors (Lipinski definition) is 2. The Morgan fingerprint density at radius 2 is 1.93 bits per heavy atom. The van der Waals surface area contributed by atoms with E-state index >= 15 is 0 Å². The molecule has 3 aromatic heterocycles. The maximum atomic E-state index is 13.6. The van der Waals surface area contributed by atoms with Crippen LogP contribution in [0.2, 0.25) is 0 Å². The number of piperidine rings is 1. The highest BCUT2D eigenvalue weighted by atomic mass is 19.4. The minimum Gasteiger partial charge on any atom is -0.384 e. The van der Waals surface area contributed by atoms with Crippen molar-refractivity contribution in [3.05, 3.63) is 72.1 Å². The summed E-state index contributed by atoms with van der Waals surface area (Å²) < 4.78 is 46.5. The van der Waals surface area contributed by atoms with Gasteiger partial charge in [0.15, 0.2) is 0 Å². The number of halogens is 3. The molecule has 0 radical (unpaired) electrons. The lowest BCUT2D eigenvalue weighted by Gasteiger charge is -2.45. The Labute approximate surface area is 251 Å². The number of likely N-dealkylation sites (tertiary alicyclic amines) is 1. The monoisotopic (exact) mass is 607 g/mol. The average molecular weight is 608 g/mol. The van der Waals surface area contributed by atoms with Gasteiger partial charge in [-0.1, -0.05) is 18.6 Å². The average Bonchev–Trinajstić information content (AvgIpc) is 3.39. The van der Waals surface area contributed by atoms with Gasteiger partial charge in [0.2, 0.25) is 5.91 Å². The lowest BCUT2D eigenvalue weighted by atomic mass is 9.68. The van der Waals surface area contributed by atoms with Crippen molar-refractivity contribution >= 4 is 28.8 Å². The smallest absolute Gasteiger partial charge is 0.384 e. The van der Waals surface area contributed by atoms with Crippen LogP contribution in [0, 0.1) is 5.41 Å². The summed E-state index contributed by atoms with van der Waals surface area (Å²) in [6.07, 6.45) is 5.09. The fourth-order valence-electron chi connectivity index (χ4n) is 6.23. The third kappa shape index (κ3) is 5.47. The molecule has 10 nitrogen and oxygen atoms in total. The van der Waals surface area contributed by atoms with Gasteiger partial charge in [-0.15, -0.1) is 0 Å². The lowest BCUT2D eigenvalue weighted by molar-refractivity contribution is -0.153. The standard InChI is InChI=1S/C31H32F3N7O3/c1-44-18-30(9-3-10-30)29(43)40-12-2-4-21(17-40)27-39-24(25-26(35)37-11-13-41(25)27)19-5-7-20(8-6-19)28(42)38-23-14-22(15-36-16-23)31(32,33)34/h5-8,11,13-16,21H,2-4,9-10,12,17-18H2,1H3,(H2,35,37)(H,38,42)/t21-/m1/s1. The number of nitrogens with one attached hydrogen (secondary N) is 1. The van der Waals surface area contributed by atoms with E-state index in [1.807, 2.05) is 15.5 Å². The fourth-order valence-corrected chi connectivity index (χ4v) is 6.23. The van der Waals surface area contributed by atoms with E-state index in [2.05, 4.69) is 15.3 Å². The van der Waals surface area contributed by atoms with Gasteiger partial charge in [0.05, 0.1) is 29.5 Å². The predicted octanol–water partition coefficient (Wildman–Crippen LogP) is 5.17. The first-order valence-electron chi connectivity index (χ1n) is 14.4. The van der Waals surface area contributed by atoms with E-state index in [9.17, 15) is 22.8 Å². The summed E-state index contributed by atoms with van der Waals surface area (Å²) in [6.45, 7) is 1.66. The van der Waals surface area contributed by atoms with Crippen LogP contribution in [0.3, 0.4) is 0 Å². The van der Waals surface area contributed by atoms with Gasteiger partial charge in [0.1, 0.15) is 22.9 Å². The second-order valence-corrected chi connectivity index (χ2v) is 11.5. The quantitative estimate of drug-likeness (QED) is 0.297. The SMILES string of the molecule is COCC1(C(=O)N2CCC[C@@H](c3nc(-c4ccc(C(=O)Nc5cncc(C(F)(F)F)c5)cc4)c4c(N)nccn34)C2)CCC1. The van der Waals surface area contributed by atoms with E-state index in [0.29, 0.717) is 42.7 Å². The maximum Gasteiger partial charge on any atom is 0.417 e. The van der Waals surface area contributed by atoms with Crippen LogP contribution in [0.5, 0.6) is 0 Å². The van der Waals surface area contributed by atoms with E-state index in [-0.39, 0.29) is 28.9 Å². The van der Waals surface area contributed by atoms with Crippen LogP contribution in [0.15, 0.2) is 55.1 Å². The predicted molar refractivity (Wildman–Crippen MR) is 157 cm³/mol. The van der Waals surface area contributed by atoms with Crippen LogP contribution in [-0.2, 0) is 15.7 Å². The Balaban J connectivity index is 1.25. The molecule has 2 amide bonds. The number of carbonyl (C=O) groups excluding carboxylic acids is 2. The fraction of sp³-hybridized carbons (Fsp3) is 0.387. The highest BCUT2D eigenvalue weighted by Crippen LogP contribution is 2.44. The first kappa shape index (κ1) is 29.5. The van der Waals surface area contributed by atoms with Crippen molar-refractivity contribution in [2.24, 2.45) is 5.41 Å². The summed E-state index contributed by atoms with van der Waals surface area (Å²) in [5, 5.41) is 2.46. The summed E-state index contributed by atoms with van der Waals surface area (Å²) in [4.78, 5) is 41.2. The van der Waals surface area contributed by atoms with Crippen LogP contribution >= 0.6 is 0 Å². The number of nitrogen functional groups attached to an aromatic ring is 1. The summed E-state index contributed by atoms with van der Waals surface area (Å²) >= 11 is 0. The van der Waals surface area contributed by atoms with E-state index < -0.39 is 23.1 Å². The second kappa shape index (κ2) is 11.5. The molecule has 13 heteroatoms. The number of amides is 2. The molecule has 1 saturated heterocycles. The van der Waals surface area contributed by atoms with E-state index in [0.717, 1.165) is 50.2 Å². The van der Waals surface area contributed by atoms with Crippen LogP contribution in [-0.4, -0.2) is 62.9 Å². The van der Waals surface area contributed by atoms with Crippen molar-refractivity contribution in [2.45, 2.75) is 44.2 Å². The lowest BCUT2D eigenvalue weighted by Crippen LogP contribution is -2.52. The Morgan fingerprint density at radius 3 is 2.61 bits per heavy atom. The van der Waals surface area contributed by atoms with Gasteiger partial charge in [-0.3, -0.25) is 19.0 Å². The Hall–Kier alpha value is -4.52. The molecular formula is C31H32F3N7O3. The molecule has 2 aliphatic rings. The Bertz CT molecular complexity index is 1700. The normalized spacial score (nSPS) is 18.2. The zero-order chi connectivity index (χ0) is 31.1. The molecule has 1 aromatic carbocycles. The first-order chi connectivity index (χ1) is 21.1. The number of rotatable bonds is 7. The number of pyridine rings is 1. The summed E-state index contributed by atoms with van der Waals surface area (Å²) in [5.74, 6) is 0.597. The number of alkyl halides is 3. The molecule has 0 bridgehead atoms. The highest BCUT2D eigenvalue weighted by Gasteiger charge is 2.47. The molecule has 4 aromatic rings. The van der Waals surface area contributed by atoms with Gasteiger partial charge in [0.25, 0.3) is 5.91 Å². The van der Waals surface area contributed by atoms with Crippen LogP contribution < -0.4 is 11.1 Å². The van der Waals surface area contributed by atoms with Crippen LogP contribution in [0.4, 0.5) is 24.7 Å². The van der Waals surface area contributed by atoms with Gasteiger partial charge in [-0.25, -0.2) is 9.97 Å². The number of hydrogen-bond acceptors (Lipinski definition) is 7. The van der Waals surface area contributed by atoms with Crippen molar-refractivity contribution in [3.63, 3.8) is 0 Å². The third-order valence-electron chi connectivity index (χ3n) is 8.61. The number of ether oxygens (including phenoxy) is 1. The van der Waals surface area contributed by atoms with E-state index in [1.54, 1.807) is 37.6 Å². The van der Waals surface area contributed by atoms with Gasteiger partial charge in [-0.05, 0) is 43.9 Å². The van der Waals surface area contributed by atoms with Crippen molar-refractivity contribution in [1.29, 1.82) is 0 Å². The van der Waals surface area contributed by atoms with Crippen LogP contribution in [0.25, 0.3) is 16.8 Å². The maximum absolute atomic E-state index is 13.6. The minimum atomic E-state index is -4.58. The van der Waals surface area contributed by atoms with Crippen LogP contribution in [0.1, 0.15) is 59.8 Å². The van der Waals surface area contributed by atoms with Crippen molar-refractivity contribution in [2.75, 3.05) is 37.9 Å². The Kier molecular flexibility index (Phi) is 7.74. The number of nitrogens with two attached hydrogens (primary N) is 1. The van der Waals surface area contributed by atoms with Gasteiger partial charge in [-0.2, -0.15) is 13.2 Å². The van der Waals surface area contributed by atoms with Crippen molar-refractivity contribution < 1.29 is 27.5 Å². The molecule has 1 atom stereocenters. The number of nitrogens with zero attached hydrogens (tertiary/aromatic N) is 5. The molecule has 1 aliphatic heterocycles. The van der Waals surface area contributed by atoms with Crippen molar-refractivity contribution in [3.8, 4) is 11.3 Å². The largest absolute Gasteiger partial charge is 0.417 e. The van der Waals surface area contributed by atoms with Gasteiger partial charge >= 0.3 is 6.18 Å². The van der Waals surface area contributed by atoms with Gasteiger partial charge in [0, 0.05) is 55.8 Å². The molecule has 0 spiro atoms. The molecule has 1 aliphatic carbocycles. The molecule has 230 valence electrons. The van der Waals surface area contributed by atoms with Gasteiger partial charge < -0.3 is 20.7 Å². The van der Waals surface area contributed by atoms with E-state index in [1.165, 1.54) is 0 Å². The molecule has 3 N–H and O–H groups in total. The highest BCUT2D eigenvalue weighted by molar-refractivity contribution is 6.04. The number of methoxy groups -OCH3 is 1. The molecule has 4 heterocycles. The minimum absolute atomic E-state index is 0.0263. The van der Waals surface area contributed by atoms with Crippen molar-refractivity contribution in [1.82, 2.24) is 24.3 Å². The zero-order valence-corrected chi connectivity index (χ0v) is 24.1.